The molecule has 0 radical (unpaired) electrons. The number of aromatic nitrogens is 1. The van der Waals surface area contributed by atoms with Crippen LogP contribution in [0.5, 0.6) is 5.75 Å². The van der Waals surface area contributed by atoms with Crippen LogP contribution in [-0.4, -0.2) is 22.2 Å². The van der Waals surface area contributed by atoms with E-state index in [0.717, 1.165) is 11.1 Å². The van der Waals surface area contributed by atoms with Gasteiger partial charge < -0.3 is 9.84 Å². The molecular formula is C24H22N2O4S. The first-order valence-corrected chi connectivity index (χ1v) is 10.8. The first-order chi connectivity index (χ1) is 14.9. The summed E-state index contributed by atoms with van der Waals surface area (Å²) in [6, 6.07) is 13.7. The highest BCUT2D eigenvalue weighted by molar-refractivity contribution is 7.07. The van der Waals surface area contributed by atoms with Crippen LogP contribution in [0.2, 0.25) is 0 Å². The molecule has 1 atom stereocenters. The molecule has 0 spiro atoms. The smallest absolute Gasteiger partial charge is 0.338 e. The second-order valence-electron chi connectivity index (χ2n) is 7.31. The number of aromatic hydroxyl groups is 1. The third kappa shape index (κ3) is 3.96. The van der Waals surface area contributed by atoms with Gasteiger partial charge in [-0.25, -0.2) is 9.79 Å². The molecule has 2 heterocycles. The van der Waals surface area contributed by atoms with Crippen LogP contribution in [0.1, 0.15) is 36.6 Å². The van der Waals surface area contributed by atoms with Crippen molar-refractivity contribution in [1.82, 2.24) is 4.57 Å². The number of fused-ring (bicyclic) bond motifs is 1. The monoisotopic (exact) mass is 434 g/mol. The molecule has 0 bridgehead atoms. The highest BCUT2D eigenvalue weighted by atomic mass is 32.1. The van der Waals surface area contributed by atoms with Crippen molar-refractivity contribution < 1.29 is 14.6 Å². The van der Waals surface area contributed by atoms with Crippen LogP contribution >= 0.6 is 11.3 Å². The number of phenols is 1. The summed E-state index contributed by atoms with van der Waals surface area (Å²) in [5, 5.41) is 9.71. The summed E-state index contributed by atoms with van der Waals surface area (Å²) in [5.41, 5.74) is 3.33. The van der Waals surface area contributed by atoms with Gasteiger partial charge in [-0.15, -0.1) is 0 Å². The van der Waals surface area contributed by atoms with Crippen molar-refractivity contribution in [1.29, 1.82) is 0 Å². The summed E-state index contributed by atoms with van der Waals surface area (Å²) in [6.07, 6.45) is 1.84. The lowest BCUT2D eigenvalue weighted by molar-refractivity contribution is -0.139. The molecule has 2 aromatic carbocycles. The summed E-state index contributed by atoms with van der Waals surface area (Å²) in [6.45, 7) is 5.70. The summed E-state index contributed by atoms with van der Waals surface area (Å²) in [4.78, 5) is 31.3. The Morgan fingerprint density at radius 2 is 1.97 bits per heavy atom. The summed E-state index contributed by atoms with van der Waals surface area (Å²) in [5.74, 6) is -0.399. The summed E-state index contributed by atoms with van der Waals surface area (Å²) in [7, 11) is 0. The molecule has 6 nitrogen and oxygen atoms in total. The lowest BCUT2D eigenvalue weighted by atomic mass is 9.96. The van der Waals surface area contributed by atoms with Gasteiger partial charge in [0, 0.05) is 0 Å². The fourth-order valence-corrected chi connectivity index (χ4v) is 4.72. The molecule has 31 heavy (non-hydrogen) atoms. The van der Waals surface area contributed by atoms with Gasteiger partial charge in [-0.3, -0.25) is 9.36 Å². The molecule has 158 valence electrons. The van der Waals surface area contributed by atoms with Crippen molar-refractivity contribution in [3.8, 4) is 5.75 Å². The van der Waals surface area contributed by atoms with Crippen LogP contribution in [0.25, 0.3) is 6.08 Å². The first kappa shape index (κ1) is 20.8. The molecule has 0 fully saturated rings. The average Bonchev–Trinajstić information content (AvgIpc) is 3.02. The molecule has 1 aliphatic rings. The SMILES string of the molecule is CCOC(=O)C1=C(C)N=c2s/c(=C/c3cccc(C)c3)c(=O)n2[C@H]1c1ccc(O)cc1. The number of hydrogen-bond donors (Lipinski definition) is 1. The largest absolute Gasteiger partial charge is 0.508 e. The molecule has 3 aromatic rings. The Balaban J connectivity index is 1.96. The zero-order valence-corrected chi connectivity index (χ0v) is 18.3. The zero-order chi connectivity index (χ0) is 22.1. The Bertz CT molecular complexity index is 1360. The van der Waals surface area contributed by atoms with Gasteiger partial charge in [0.05, 0.1) is 28.5 Å². The van der Waals surface area contributed by atoms with Crippen LogP contribution in [0.15, 0.2) is 69.6 Å². The van der Waals surface area contributed by atoms with Gasteiger partial charge in [0.15, 0.2) is 4.80 Å². The minimum atomic E-state index is -0.685. The van der Waals surface area contributed by atoms with Gasteiger partial charge in [0.2, 0.25) is 0 Å². The van der Waals surface area contributed by atoms with Crippen LogP contribution in [0, 0.1) is 6.92 Å². The van der Waals surface area contributed by atoms with Crippen molar-refractivity contribution in [3.63, 3.8) is 0 Å². The van der Waals surface area contributed by atoms with E-state index >= 15 is 0 Å². The number of hydrogen-bond acceptors (Lipinski definition) is 6. The van der Waals surface area contributed by atoms with E-state index in [1.165, 1.54) is 28.0 Å². The van der Waals surface area contributed by atoms with Crippen LogP contribution in [-0.2, 0) is 9.53 Å². The minimum absolute atomic E-state index is 0.106. The van der Waals surface area contributed by atoms with E-state index in [1.54, 1.807) is 26.0 Å². The number of esters is 1. The Hall–Kier alpha value is -3.45. The van der Waals surface area contributed by atoms with Gasteiger partial charge >= 0.3 is 5.97 Å². The predicted octanol–water partition coefficient (Wildman–Crippen LogP) is 2.81. The van der Waals surface area contributed by atoms with E-state index in [2.05, 4.69) is 4.99 Å². The second-order valence-corrected chi connectivity index (χ2v) is 8.32. The van der Waals surface area contributed by atoms with E-state index in [4.69, 9.17) is 4.74 Å². The Kier molecular flexibility index (Phi) is 5.61. The Morgan fingerprint density at radius 3 is 2.65 bits per heavy atom. The third-order valence-electron chi connectivity index (χ3n) is 5.07. The van der Waals surface area contributed by atoms with Gasteiger partial charge in [-0.2, -0.15) is 0 Å². The van der Waals surface area contributed by atoms with Gasteiger partial charge in [0.25, 0.3) is 5.56 Å². The fraction of sp³-hybridized carbons (Fsp3) is 0.208. The summed E-state index contributed by atoms with van der Waals surface area (Å²) < 4.78 is 7.34. The normalized spacial score (nSPS) is 16.1. The van der Waals surface area contributed by atoms with E-state index < -0.39 is 12.0 Å². The molecule has 0 saturated heterocycles. The van der Waals surface area contributed by atoms with E-state index in [-0.39, 0.29) is 17.9 Å². The van der Waals surface area contributed by atoms with Crippen LogP contribution in [0.3, 0.4) is 0 Å². The number of rotatable bonds is 4. The van der Waals surface area contributed by atoms with E-state index in [1.807, 2.05) is 37.3 Å². The van der Waals surface area contributed by atoms with Crippen LogP contribution < -0.4 is 14.9 Å². The molecular weight excluding hydrogens is 412 g/mol. The lowest BCUT2D eigenvalue weighted by Crippen LogP contribution is -2.39. The number of allylic oxidation sites excluding steroid dienone is 1. The van der Waals surface area contributed by atoms with E-state index in [9.17, 15) is 14.7 Å². The standard InChI is InChI=1S/C24H22N2O4S/c1-4-30-23(29)20-15(3)25-24-26(21(20)17-8-10-18(27)11-9-17)22(28)19(31-24)13-16-7-5-6-14(2)12-16/h5-13,21,27H,4H2,1-3H3/b19-13+/t21-/m0/s1. The van der Waals surface area contributed by atoms with Crippen molar-refractivity contribution in [3.05, 3.63) is 96.2 Å². The average molecular weight is 435 g/mol. The molecule has 1 N–H and O–H groups in total. The fourth-order valence-electron chi connectivity index (χ4n) is 3.67. The minimum Gasteiger partial charge on any atom is -0.508 e. The molecule has 1 aromatic heterocycles. The molecule has 0 saturated carbocycles. The highest BCUT2D eigenvalue weighted by Gasteiger charge is 2.33. The lowest BCUT2D eigenvalue weighted by Gasteiger charge is -2.24. The van der Waals surface area contributed by atoms with Gasteiger partial charge in [-0.05, 0) is 50.1 Å². The topological polar surface area (TPSA) is 80.9 Å². The number of carbonyl (C=O) groups excluding carboxylic acids is 1. The molecule has 4 rings (SSSR count). The number of aryl methyl sites for hydroxylation is 1. The van der Waals surface area contributed by atoms with Crippen molar-refractivity contribution in [2.45, 2.75) is 26.8 Å². The predicted molar refractivity (Wildman–Crippen MR) is 120 cm³/mol. The maximum atomic E-state index is 13.4. The van der Waals surface area contributed by atoms with Gasteiger partial charge in [0.1, 0.15) is 5.75 Å². The molecule has 0 amide bonds. The quantitative estimate of drug-likeness (QED) is 0.641. The number of thiazole rings is 1. The first-order valence-electron chi connectivity index (χ1n) is 9.94. The van der Waals surface area contributed by atoms with Crippen LogP contribution in [0.4, 0.5) is 0 Å². The Morgan fingerprint density at radius 1 is 1.23 bits per heavy atom. The molecule has 7 heteroatoms. The number of ether oxygens (including phenoxy) is 1. The highest BCUT2D eigenvalue weighted by Crippen LogP contribution is 2.31. The molecule has 0 unspecified atom stereocenters. The maximum Gasteiger partial charge on any atom is 0.338 e. The van der Waals surface area contributed by atoms with E-state index in [0.29, 0.717) is 26.2 Å². The number of benzene rings is 2. The zero-order valence-electron chi connectivity index (χ0n) is 17.5. The van der Waals surface area contributed by atoms with Crippen molar-refractivity contribution in [2.24, 2.45) is 4.99 Å². The number of nitrogens with zero attached hydrogens (tertiary/aromatic N) is 2. The third-order valence-corrected chi connectivity index (χ3v) is 6.05. The molecule has 0 aliphatic carbocycles. The second kappa shape index (κ2) is 8.35. The summed E-state index contributed by atoms with van der Waals surface area (Å²) >= 11 is 1.29. The van der Waals surface area contributed by atoms with Crippen molar-refractivity contribution >= 4 is 23.4 Å². The van der Waals surface area contributed by atoms with Crippen molar-refractivity contribution in [2.75, 3.05) is 6.61 Å². The molecule has 1 aliphatic heterocycles. The number of phenolic OH excluding ortho intramolecular Hbond substituents is 1. The Labute approximate surface area is 183 Å². The number of carbonyl (C=O) groups is 1. The maximum absolute atomic E-state index is 13.4. The van der Waals surface area contributed by atoms with Gasteiger partial charge in [-0.1, -0.05) is 53.3 Å².